The number of rotatable bonds is 7. The summed E-state index contributed by atoms with van der Waals surface area (Å²) in [5.74, 6) is 0.582. The minimum atomic E-state index is -0.344. The number of hydrogen-bond donors (Lipinski definition) is 3. The molecular weight excluding hydrogens is 526 g/mol. The third-order valence-electron chi connectivity index (χ3n) is 6.64. The lowest BCUT2D eigenvalue weighted by atomic mass is 9.96. The molecule has 3 heterocycles. The van der Waals surface area contributed by atoms with Gasteiger partial charge in [0.2, 0.25) is 5.95 Å². The first-order valence-electron chi connectivity index (χ1n) is 13.1. The Bertz CT molecular complexity index is 1490. The van der Waals surface area contributed by atoms with Crippen LogP contribution >= 0.6 is 11.3 Å². The van der Waals surface area contributed by atoms with Crippen LogP contribution in [-0.2, 0) is 23.2 Å². The van der Waals surface area contributed by atoms with Crippen LogP contribution in [0.25, 0.3) is 11.4 Å². The van der Waals surface area contributed by atoms with Crippen LogP contribution in [-0.4, -0.2) is 57.3 Å². The molecule has 0 spiro atoms. The van der Waals surface area contributed by atoms with Crippen molar-refractivity contribution in [1.82, 2.24) is 19.9 Å². The lowest BCUT2D eigenvalue weighted by molar-refractivity contribution is 0.102. The molecule has 0 radical (unpaired) electrons. The van der Waals surface area contributed by atoms with Gasteiger partial charge in [-0.25, -0.2) is 9.97 Å². The van der Waals surface area contributed by atoms with E-state index in [0.29, 0.717) is 39.9 Å². The molecule has 1 fully saturated rings. The number of carbonyl (C=O) groups excluding carboxylic acids is 1. The predicted molar refractivity (Wildman–Crippen MR) is 157 cm³/mol. The summed E-state index contributed by atoms with van der Waals surface area (Å²) in [5, 5.41) is 13.5. The topological polar surface area (TPSA) is 139 Å². The fraction of sp³-hybridized carbons (Fsp3) is 0.345. The molecule has 0 aliphatic carbocycles. The lowest BCUT2D eigenvalue weighted by Gasteiger charge is -2.28. The molecule has 1 saturated heterocycles. The average Bonchev–Trinajstić information content (AvgIpc) is 3.45. The highest BCUT2D eigenvalue weighted by atomic mass is 32.1. The number of benzene rings is 2. The zero-order chi connectivity index (χ0) is 28.3. The number of nitrogens with zero attached hydrogens (tertiary/aromatic N) is 5. The van der Waals surface area contributed by atoms with Gasteiger partial charge in [-0.3, -0.25) is 4.79 Å². The van der Waals surface area contributed by atoms with Gasteiger partial charge in [0.25, 0.3) is 5.91 Å². The van der Waals surface area contributed by atoms with Crippen molar-refractivity contribution in [1.29, 1.82) is 0 Å². The third kappa shape index (κ3) is 6.27. The summed E-state index contributed by atoms with van der Waals surface area (Å²) in [6.07, 6.45) is 2.20. The van der Waals surface area contributed by atoms with Crippen LogP contribution in [0.1, 0.15) is 52.4 Å². The van der Waals surface area contributed by atoms with Crippen molar-refractivity contribution in [2.24, 2.45) is 0 Å². The number of anilines is 3. The van der Waals surface area contributed by atoms with Crippen LogP contribution in [0.3, 0.4) is 0 Å². The molecule has 0 atom stereocenters. The summed E-state index contributed by atoms with van der Waals surface area (Å²) >= 11 is 1.35. The fourth-order valence-electron chi connectivity index (χ4n) is 4.45. The second-order valence-electron chi connectivity index (χ2n) is 10.6. The Morgan fingerprint density at radius 2 is 1.85 bits per heavy atom. The molecule has 5 rings (SSSR count). The number of nitrogens with two attached hydrogens (primary N) is 1. The second-order valence-corrected chi connectivity index (χ2v) is 11.6. The molecule has 2 aromatic carbocycles. The maximum atomic E-state index is 13.0. The van der Waals surface area contributed by atoms with Crippen molar-refractivity contribution in [2.45, 2.75) is 39.2 Å². The molecule has 11 heteroatoms. The number of ether oxygens (including phenoxy) is 1. The lowest BCUT2D eigenvalue weighted by Crippen LogP contribution is -2.36. The molecule has 2 aromatic heterocycles. The van der Waals surface area contributed by atoms with Gasteiger partial charge in [-0.15, -0.1) is 11.3 Å². The van der Waals surface area contributed by atoms with E-state index in [1.165, 1.54) is 11.3 Å². The fourth-order valence-corrected chi connectivity index (χ4v) is 5.32. The smallest absolute Gasteiger partial charge is 0.284 e. The standard InChI is InChI=1S/C29H33N7O3S/c1-29(2,3)23-16-31-27(40-23)26(38)32-22-6-4-5-20(21(22)17-37)25-33-24(34-28(30)35-25)15-18-7-9-19(10-8-18)36-11-13-39-14-12-36/h4-10,16,37H,11-15,17H2,1-3H3,(H,32,38)(H2,30,33,34,35). The van der Waals surface area contributed by atoms with Gasteiger partial charge in [-0.1, -0.05) is 45.0 Å². The van der Waals surface area contributed by atoms with Crippen LogP contribution in [0.2, 0.25) is 0 Å². The minimum Gasteiger partial charge on any atom is -0.392 e. The monoisotopic (exact) mass is 559 g/mol. The molecule has 208 valence electrons. The van der Waals surface area contributed by atoms with E-state index in [9.17, 15) is 9.90 Å². The SMILES string of the molecule is CC(C)(C)c1cnc(C(=O)Nc2cccc(-c3nc(N)nc(Cc4ccc(N5CCOCC5)cc4)n3)c2CO)s1. The predicted octanol–water partition coefficient (Wildman–Crippen LogP) is 4.05. The molecule has 4 aromatic rings. The Labute approximate surface area is 237 Å². The number of nitrogens with one attached hydrogen (secondary N) is 1. The molecule has 1 amide bonds. The Morgan fingerprint density at radius 1 is 1.10 bits per heavy atom. The van der Waals surface area contributed by atoms with Gasteiger partial charge in [0.05, 0.1) is 19.8 Å². The molecule has 0 saturated carbocycles. The van der Waals surface area contributed by atoms with Crippen molar-refractivity contribution in [3.8, 4) is 11.4 Å². The Kier molecular flexibility index (Phi) is 8.06. The van der Waals surface area contributed by atoms with E-state index in [2.05, 4.69) is 75.2 Å². The van der Waals surface area contributed by atoms with Gasteiger partial charge in [0, 0.05) is 53.1 Å². The molecular formula is C29H33N7O3S. The van der Waals surface area contributed by atoms with Gasteiger partial charge in [-0.05, 0) is 29.2 Å². The van der Waals surface area contributed by atoms with E-state index in [0.717, 1.165) is 42.4 Å². The van der Waals surface area contributed by atoms with E-state index >= 15 is 0 Å². The van der Waals surface area contributed by atoms with Crippen LogP contribution in [0.15, 0.2) is 48.7 Å². The van der Waals surface area contributed by atoms with E-state index in [1.54, 1.807) is 24.4 Å². The summed E-state index contributed by atoms with van der Waals surface area (Å²) in [4.78, 5) is 33.9. The Balaban J connectivity index is 1.37. The number of aliphatic hydroxyl groups is 1. The van der Waals surface area contributed by atoms with Crippen molar-refractivity contribution >= 4 is 34.6 Å². The van der Waals surface area contributed by atoms with Gasteiger partial charge in [0.1, 0.15) is 5.82 Å². The minimum absolute atomic E-state index is 0.0840. The number of nitrogen functional groups attached to an aromatic ring is 1. The number of aliphatic hydroxyl groups excluding tert-OH is 1. The van der Waals surface area contributed by atoms with Crippen LogP contribution < -0.4 is 16.0 Å². The van der Waals surface area contributed by atoms with Crippen molar-refractivity contribution in [2.75, 3.05) is 42.3 Å². The highest BCUT2D eigenvalue weighted by Gasteiger charge is 2.22. The summed E-state index contributed by atoms with van der Waals surface area (Å²) < 4.78 is 5.44. The number of carbonyl (C=O) groups is 1. The Hall–Kier alpha value is -3.93. The summed E-state index contributed by atoms with van der Waals surface area (Å²) in [6.45, 7) is 9.11. The quantitative estimate of drug-likeness (QED) is 0.306. The maximum absolute atomic E-state index is 13.0. The first kappa shape index (κ1) is 27.6. The van der Waals surface area contributed by atoms with E-state index in [1.807, 2.05) is 0 Å². The van der Waals surface area contributed by atoms with Gasteiger partial charge >= 0.3 is 0 Å². The second kappa shape index (κ2) is 11.7. The van der Waals surface area contributed by atoms with E-state index in [-0.39, 0.29) is 23.9 Å². The van der Waals surface area contributed by atoms with Crippen LogP contribution in [0.4, 0.5) is 17.3 Å². The Morgan fingerprint density at radius 3 is 2.52 bits per heavy atom. The number of amides is 1. The normalized spacial score (nSPS) is 13.8. The first-order valence-corrected chi connectivity index (χ1v) is 14.0. The molecule has 0 bridgehead atoms. The summed E-state index contributed by atoms with van der Waals surface area (Å²) in [5.41, 5.74) is 9.66. The van der Waals surface area contributed by atoms with Crippen molar-refractivity contribution in [3.63, 3.8) is 0 Å². The highest BCUT2D eigenvalue weighted by Crippen LogP contribution is 2.31. The molecule has 40 heavy (non-hydrogen) atoms. The number of hydrogen-bond acceptors (Lipinski definition) is 10. The number of aromatic nitrogens is 4. The van der Waals surface area contributed by atoms with Gasteiger partial charge in [-0.2, -0.15) is 9.97 Å². The van der Waals surface area contributed by atoms with E-state index < -0.39 is 0 Å². The summed E-state index contributed by atoms with van der Waals surface area (Å²) in [7, 11) is 0. The molecule has 1 aliphatic heterocycles. The van der Waals surface area contributed by atoms with Crippen LogP contribution in [0.5, 0.6) is 0 Å². The highest BCUT2D eigenvalue weighted by molar-refractivity contribution is 7.13. The first-order chi connectivity index (χ1) is 19.2. The van der Waals surface area contributed by atoms with Gasteiger partial charge < -0.3 is 25.8 Å². The third-order valence-corrected chi connectivity index (χ3v) is 8.06. The average molecular weight is 560 g/mol. The largest absolute Gasteiger partial charge is 0.392 e. The van der Waals surface area contributed by atoms with Gasteiger partial charge in [0.15, 0.2) is 10.8 Å². The number of morpholine rings is 1. The van der Waals surface area contributed by atoms with Crippen molar-refractivity contribution in [3.05, 3.63) is 75.5 Å². The number of thiazole rings is 1. The van der Waals surface area contributed by atoms with Crippen molar-refractivity contribution < 1.29 is 14.6 Å². The summed E-state index contributed by atoms with van der Waals surface area (Å²) in [6, 6.07) is 13.6. The molecule has 10 nitrogen and oxygen atoms in total. The maximum Gasteiger partial charge on any atom is 0.284 e. The molecule has 4 N–H and O–H groups in total. The zero-order valence-corrected chi connectivity index (χ0v) is 23.7. The zero-order valence-electron chi connectivity index (χ0n) is 22.8. The van der Waals surface area contributed by atoms with E-state index in [4.69, 9.17) is 10.5 Å². The molecule has 0 unspecified atom stereocenters. The molecule has 1 aliphatic rings. The van der Waals surface area contributed by atoms with Crippen LogP contribution in [0, 0.1) is 0 Å².